The maximum atomic E-state index is 2.49. The van der Waals surface area contributed by atoms with E-state index in [-0.39, 0.29) is 10.8 Å². The molecule has 0 unspecified atom stereocenters. The Hall–Kier alpha value is -4.42. The molecule has 0 nitrogen and oxygen atoms in total. The molecule has 8 aromatic rings. The van der Waals surface area contributed by atoms with Crippen LogP contribution in [0.5, 0.6) is 0 Å². The first-order chi connectivity index (χ1) is 27.2. The molecule has 0 aliphatic carbocycles. The third kappa shape index (κ3) is 7.54. The highest BCUT2D eigenvalue weighted by Crippen LogP contribution is 2.42. The van der Waals surface area contributed by atoms with Gasteiger partial charge in [0.1, 0.15) is 0 Å². The van der Waals surface area contributed by atoms with Gasteiger partial charge < -0.3 is 0 Å². The highest BCUT2D eigenvalue weighted by atomic mass is 14.3. The molecule has 0 aliphatic heterocycles. The van der Waals surface area contributed by atoms with Crippen LogP contribution in [0, 0.1) is 0 Å². The quantitative estimate of drug-likeness (QED) is 0.0467. The smallest absolute Gasteiger partial charge is 0.00208 e. The first-order valence-corrected chi connectivity index (χ1v) is 22.3. The summed E-state index contributed by atoms with van der Waals surface area (Å²) < 4.78 is 0. The summed E-state index contributed by atoms with van der Waals surface area (Å²) in [6, 6.07) is 38.2. The molecule has 0 N–H and O–H groups in total. The fourth-order valence-electron chi connectivity index (χ4n) is 9.92. The minimum atomic E-state index is 0.163. The molecule has 0 fully saturated rings. The van der Waals surface area contributed by atoms with E-state index in [1.165, 1.54) is 177 Å². The van der Waals surface area contributed by atoms with Gasteiger partial charge >= 0.3 is 0 Å². The fourth-order valence-corrected chi connectivity index (χ4v) is 9.92. The molecule has 0 aliphatic rings. The van der Waals surface area contributed by atoms with Crippen LogP contribution in [0.2, 0.25) is 0 Å². The molecule has 8 rings (SSSR count). The first-order valence-electron chi connectivity index (χ1n) is 22.3. The average molecular weight is 737 g/mol. The predicted molar refractivity (Wildman–Crippen MR) is 251 cm³/mol. The molecule has 0 saturated carbocycles. The highest BCUT2D eigenvalue weighted by Gasteiger charge is 2.24. The Kier molecular flexibility index (Phi) is 11.1. The van der Waals surface area contributed by atoms with Crippen molar-refractivity contribution in [1.82, 2.24) is 0 Å². The topological polar surface area (TPSA) is 0 Å². The van der Waals surface area contributed by atoms with E-state index in [9.17, 15) is 0 Å². The lowest BCUT2D eigenvalue weighted by molar-refractivity contribution is 0.443. The maximum absolute atomic E-state index is 2.49. The van der Waals surface area contributed by atoms with Crippen molar-refractivity contribution in [2.45, 2.75) is 142 Å². The van der Waals surface area contributed by atoms with Gasteiger partial charge in [-0.2, -0.15) is 0 Å². The van der Waals surface area contributed by atoms with Gasteiger partial charge in [0, 0.05) is 0 Å². The average Bonchev–Trinajstić information content (AvgIpc) is 3.20. The van der Waals surface area contributed by atoms with Crippen molar-refractivity contribution >= 4 is 76.8 Å². The van der Waals surface area contributed by atoms with Crippen molar-refractivity contribution < 1.29 is 0 Å². The van der Waals surface area contributed by atoms with Crippen molar-refractivity contribution in [3.8, 4) is 0 Å². The van der Waals surface area contributed by atoms with Crippen LogP contribution in [0.15, 0.2) is 97.1 Å². The summed E-state index contributed by atoms with van der Waals surface area (Å²) in [5.41, 5.74) is 5.83. The molecular formula is C56H64. The number of unbranched alkanes of at least 4 members (excludes halogenated alkanes) is 10. The molecule has 8 aromatic carbocycles. The van der Waals surface area contributed by atoms with Gasteiger partial charge in [0.25, 0.3) is 0 Å². The van der Waals surface area contributed by atoms with E-state index < -0.39 is 0 Å². The molecule has 0 heteroatoms. The lowest BCUT2D eigenvalue weighted by Crippen LogP contribution is -2.17. The molecule has 0 heterocycles. The Morgan fingerprint density at radius 3 is 1.07 bits per heavy atom. The first kappa shape index (κ1) is 38.5. The van der Waals surface area contributed by atoms with Crippen LogP contribution in [-0.2, 0) is 10.8 Å². The van der Waals surface area contributed by atoms with Crippen LogP contribution >= 0.6 is 0 Å². The van der Waals surface area contributed by atoms with E-state index in [1.807, 2.05) is 0 Å². The largest absolute Gasteiger partial charge is 0.0654 e. The fraction of sp³-hybridized carbons (Fsp3) is 0.393. The second kappa shape index (κ2) is 16.2. The van der Waals surface area contributed by atoms with Gasteiger partial charge in [0.15, 0.2) is 0 Å². The zero-order valence-electron chi connectivity index (χ0n) is 35.3. The summed E-state index contributed by atoms with van der Waals surface area (Å²) in [5.74, 6) is 0. The molecule has 0 aromatic heterocycles. The van der Waals surface area contributed by atoms with Gasteiger partial charge in [-0.3, -0.25) is 0 Å². The summed E-state index contributed by atoms with van der Waals surface area (Å²) in [4.78, 5) is 0. The van der Waals surface area contributed by atoms with Gasteiger partial charge in [0.05, 0.1) is 0 Å². The second-order valence-electron chi connectivity index (χ2n) is 18.6. The summed E-state index contributed by atoms with van der Waals surface area (Å²) >= 11 is 0. The molecular weight excluding hydrogens is 673 g/mol. The molecule has 56 heavy (non-hydrogen) atoms. The minimum Gasteiger partial charge on any atom is -0.0654 e. The number of hydrogen-bond acceptors (Lipinski definition) is 0. The van der Waals surface area contributed by atoms with Crippen LogP contribution in [-0.4, -0.2) is 0 Å². The Balaban J connectivity index is 1.09. The van der Waals surface area contributed by atoms with E-state index in [4.69, 9.17) is 0 Å². The SMILES string of the molecule is CCCCCCCCC(C)(C)c1cc2ccc3ccc(/C=C/c4ccc5ccc6cc(C(C)(C)CCCCCCCC)cc7ccc4c5c67)c4ccc(c1)c2c34. The molecule has 0 saturated heterocycles. The standard InChI is InChI=1S/C56H64/c1-7-9-11-13-15-17-33-55(3,4)47-35-43-27-25-41-23-21-39(49-31-29-45(37-47)51(43)53(41)49)19-20-40-22-24-42-26-28-44-36-48(38-46-30-32-50(40)54(42)52(44)46)56(5,6)34-18-16-14-12-10-8-2/h19-32,35-38H,7-18,33-34H2,1-6H3/b20-19+. The zero-order chi connectivity index (χ0) is 38.9. The highest BCUT2D eigenvalue weighted by molar-refractivity contribution is 6.26. The van der Waals surface area contributed by atoms with E-state index in [0.717, 1.165) is 0 Å². The van der Waals surface area contributed by atoms with Crippen LogP contribution in [0.1, 0.15) is 154 Å². The minimum absolute atomic E-state index is 0.163. The normalized spacial score (nSPS) is 13.0. The van der Waals surface area contributed by atoms with Crippen molar-refractivity contribution in [2.24, 2.45) is 0 Å². The van der Waals surface area contributed by atoms with Crippen molar-refractivity contribution in [3.63, 3.8) is 0 Å². The van der Waals surface area contributed by atoms with E-state index in [2.05, 4.69) is 151 Å². The Morgan fingerprint density at radius 1 is 0.357 bits per heavy atom. The molecule has 0 radical (unpaired) electrons. The Bertz CT molecular complexity index is 2390. The van der Waals surface area contributed by atoms with E-state index >= 15 is 0 Å². The Morgan fingerprint density at radius 2 is 0.679 bits per heavy atom. The third-order valence-corrected chi connectivity index (χ3v) is 13.6. The zero-order valence-corrected chi connectivity index (χ0v) is 35.3. The predicted octanol–water partition coefficient (Wildman–Crippen LogP) is 17.7. The number of hydrogen-bond donors (Lipinski definition) is 0. The van der Waals surface area contributed by atoms with Crippen LogP contribution in [0.25, 0.3) is 76.8 Å². The third-order valence-electron chi connectivity index (χ3n) is 13.6. The van der Waals surface area contributed by atoms with Gasteiger partial charge in [-0.05, 0) is 111 Å². The summed E-state index contributed by atoms with van der Waals surface area (Å²) in [6.45, 7) is 14.4. The van der Waals surface area contributed by atoms with Gasteiger partial charge in [-0.1, -0.05) is 228 Å². The molecule has 0 atom stereocenters. The van der Waals surface area contributed by atoms with Gasteiger partial charge in [-0.15, -0.1) is 0 Å². The number of rotatable bonds is 18. The number of benzene rings is 8. The Labute approximate surface area is 337 Å². The monoisotopic (exact) mass is 737 g/mol. The van der Waals surface area contributed by atoms with Gasteiger partial charge in [0.2, 0.25) is 0 Å². The molecule has 0 spiro atoms. The summed E-state index contributed by atoms with van der Waals surface area (Å²) in [7, 11) is 0. The molecule has 0 bridgehead atoms. The van der Waals surface area contributed by atoms with Gasteiger partial charge in [-0.25, -0.2) is 0 Å². The van der Waals surface area contributed by atoms with Crippen molar-refractivity contribution in [1.29, 1.82) is 0 Å². The lowest BCUT2D eigenvalue weighted by Gasteiger charge is -2.27. The maximum Gasteiger partial charge on any atom is -0.00208 e. The summed E-state index contributed by atoms with van der Waals surface area (Å²) in [5, 5.41) is 16.4. The lowest BCUT2D eigenvalue weighted by atomic mass is 9.78. The van der Waals surface area contributed by atoms with Crippen molar-refractivity contribution in [3.05, 3.63) is 119 Å². The molecule has 288 valence electrons. The summed E-state index contributed by atoms with van der Waals surface area (Å²) in [6.07, 6.45) is 23.4. The van der Waals surface area contributed by atoms with Crippen molar-refractivity contribution in [2.75, 3.05) is 0 Å². The van der Waals surface area contributed by atoms with Crippen LogP contribution < -0.4 is 0 Å². The van der Waals surface area contributed by atoms with E-state index in [1.54, 1.807) is 0 Å². The molecule has 0 amide bonds. The van der Waals surface area contributed by atoms with Crippen LogP contribution in [0.3, 0.4) is 0 Å². The van der Waals surface area contributed by atoms with E-state index in [0.29, 0.717) is 0 Å². The second-order valence-corrected chi connectivity index (χ2v) is 18.6. The van der Waals surface area contributed by atoms with Crippen LogP contribution in [0.4, 0.5) is 0 Å².